The molecule has 0 atom stereocenters. The summed E-state index contributed by atoms with van der Waals surface area (Å²) in [6.07, 6.45) is 1.28. The second-order valence-electron chi connectivity index (χ2n) is 2.09. The van der Waals surface area contributed by atoms with E-state index in [-0.39, 0.29) is 0 Å². The van der Waals surface area contributed by atoms with Crippen LogP contribution in [0.1, 0.15) is 0 Å². The average Bonchev–Trinajstić information content (AvgIpc) is 2.14. The van der Waals surface area contributed by atoms with Crippen LogP contribution in [0.5, 0.6) is 0 Å². The highest BCUT2D eigenvalue weighted by atomic mass is 32.2. The van der Waals surface area contributed by atoms with Crippen LogP contribution in [0.15, 0.2) is 25.3 Å². The summed E-state index contributed by atoms with van der Waals surface area (Å²) in [5, 5.41) is 0. The summed E-state index contributed by atoms with van der Waals surface area (Å²) in [5.41, 5.74) is -2.42. The van der Waals surface area contributed by atoms with Crippen LogP contribution in [-0.4, -0.2) is 30.5 Å². The Morgan fingerprint density at radius 2 is 1.47 bits per heavy atom. The van der Waals surface area contributed by atoms with Crippen molar-refractivity contribution in [3.8, 4) is 0 Å². The summed E-state index contributed by atoms with van der Waals surface area (Å²) in [6, 6.07) is 0. The minimum Gasteiger partial charge on any atom is -0.406 e. The first-order valence-electron chi connectivity index (χ1n) is 3.43. The molecule has 15 heavy (non-hydrogen) atoms. The van der Waals surface area contributed by atoms with Gasteiger partial charge in [-0.25, -0.2) is 9.59 Å². The van der Waals surface area contributed by atoms with Gasteiger partial charge in [0.05, 0.1) is 0 Å². The summed E-state index contributed by atoms with van der Waals surface area (Å²) in [4.78, 5) is 21.2. The van der Waals surface area contributed by atoms with Crippen molar-refractivity contribution in [3.63, 3.8) is 0 Å². The number of carbonyl (C=O) groups excluding carboxylic acids is 2. The maximum absolute atomic E-state index is 10.6. The summed E-state index contributed by atoms with van der Waals surface area (Å²) >= 11 is 0. The first kappa shape index (κ1) is 13.3. The maximum Gasteiger partial charge on any atom is 0.376 e. The third-order valence-electron chi connectivity index (χ3n) is 1.00. The van der Waals surface area contributed by atoms with Crippen molar-refractivity contribution in [1.29, 1.82) is 0 Å². The Labute approximate surface area is 85.7 Å². The molecule has 0 saturated heterocycles. The van der Waals surface area contributed by atoms with Gasteiger partial charge in [-0.15, -0.1) is 0 Å². The highest BCUT2D eigenvalue weighted by Gasteiger charge is 2.30. The van der Waals surface area contributed by atoms with Crippen molar-refractivity contribution in [3.05, 3.63) is 25.3 Å². The topological polar surface area (TPSA) is 107 Å². The number of hydrogen-bond acceptors (Lipinski definition) is 6. The molecule has 84 valence electrons. The summed E-state index contributed by atoms with van der Waals surface area (Å²) in [5.74, 6) is -2.34. The lowest BCUT2D eigenvalue weighted by Gasteiger charge is -2.12. The maximum atomic E-state index is 10.6. The first-order chi connectivity index (χ1) is 6.81. The van der Waals surface area contributed by atoms with Gasteiger partial charge in [-0.2, -0.15) is 8.42 Å². The Kier molecular flexibility index (Phi) is 4.68. The van der Waals surface area contributed by atoms with E-state index in [0.717, 1.165) is 0 Å². The van der Waals surface area contributed by atoms with Gasteiger partial charge in [-0.3, -0.25) is 4.55 Å². The van der Waals surface area contributed by atoms with Crippen LogP contribution < -0.4 is 0 Å². The van der Waals surface area contributed by atoms with E-state index >= 15 is 0 Å². The Morgan fingerprint density at radius 1 is 1.13 bits per heavy atom. The average molecular weight is 236 g/mol. The van der Waals surface area contributed by atoms with Crippen LogP contribution in [0, 0.1) is 0 Å². The SMILES string of the molecule is C=CC(=O)OC(OC(=O)C=C)S(=O)(=O)O. The van der Waals surface area contributed by atoms with E-state index in [1.165, 1.54) is 0 Å². The van der Waals surface area contributed by atoms with Crippen LogP contribution in [0.2, 0.25) is 0 Å². The van der Waals surface area contributed by atoms with Crippen molar-refractivity contribution < 1.29 is 32.0 Å². The van der Waals surface area contributed by atoms with Crippen molar-refractivity contribution in [2.24, 2.45) is 0 Å². The number of esters is 2. The smallest absolute Gasteiger partial charge is 0.376 e. The van der Waals surface area contributed by atoms with Crippen LogP contribution >= 0.6 is 0 Å². The summed E-state index contributed by atoms with van der Waals surface area (Å²) in [6.45, 7) is 5.97. The van der Waals surface area contributed by atoms with E-state index in [9.17, 15) is 18.0 Å². The van der Waals surface area contributed by atoms with Gasteiger partial charge >= 0.3 is 27.7 Å². The molecule has 0 unspecified atom stereocenters. The molecular formula is C7H8O7S. The van der Waals surface area contributed by atoms with Gasteiger partial charge in [-0.1, -0.05) is 13.2 Å². The van der Waals surface area contributed by atoms with Gasteiger partial charge in [-0.05, 0) is 0 Å². The number of ether oxygens (including phenoxy) is 2. The largest absolute Gasteiger partial charge is 0.406 e. The number of hydrogen-bond donors (Lipinski definition) is 1. The summed E-state index contributed by atoms with van der Waals surface area (Å²) < 4.78 is 37.8. The third-order valence-corrected chi connectivity index (χ3v) is 1.68. The molecule has 0 spiro atoms. The molecule has 0 radical (unpaired) electrons. The molecule has 0 fully saturated rings. The molecular weight excluding hydrogens is 228 g/mol. The second kappa shape index (κ2) is 5.27. The van der Waals surface area contributed by atoms with Crippen molar-refractivity contribution in [2.45, 2.75) is 5.62 Å². The molecule has 0 aromatic carbocycles. The van der Waals surface area contributed by atoms with Gasteiger partial charge in [0.25, 0.3) is 0 Å². The zero-order valence-electron chi connectivity index (χ0n) is 7.45. The molecule has 8 heteroatoms. The normalized spacial score (nSPS) is 10.5. The predicted octanol–water partition coefficient (Wildman–Crippen LogP) is -0.384. The molecule has 0 aromatic rings. The highest BCUT2D eigenvalue weighted by molar-refractivity contribution is 7.86. The second-order valence-corrected chi connectivity index (χ2v) is 3.50. The van der Waals surface area contributed by atoms with Crippen LogP contribution in [0.4, 0.5) is 0 Å². The Morgan fingerprint density at radius 3 is 1.67 bits per heavy atom. The predicted molar refractivity (Wildman–Crippen MR) is 47.9 cm³/mol. The number of rotatable bonds is 5. The van der Waals surface area contributed by atoms with Crippen molar-refractivity contribution in [2.75, 3.05) is 0 Å². The van der Waals surface area contributed by atoms with Gasteiger partial charge in [0.1, 0.15) is 0 Å². The molecule has 0 aromatic heterocycles. The van der Waals surface area contributed by atoms with E-state index in [1.807, 2.05) is 0 Å². The summed E-state index contributed by atoms with van der Waals surface area (Å²) in [7, 11) is -4.86. The third kappa shape index (κ3) is 4.93. The minimum absolute atomic E-state index is 0.639. The fraction of sp³-hybridized carbons (Fsp3) is 0.143. The van der Waals surface area contributed by atoms with Gasteiger partial charge in [0.2, 0.25) is 0 Å². The molecule has 7 nitrogen and oxygen atoms in total. The molecule has 1 N–H and O–H groups in total. The molecule has 0 heterocycles. The standard InChI is InChI=1S/C7H8O7S/c1-3-5(8)13-7(15(10,11)12)14-6(9)4-2/h3-4,7H,1-2H2,(H,10,11,12). The van der Waals surface area contributed by atoms with Gasteiger partial charge in [0, 0.05) is 12.2 Å². The zero-order chi connectivity index (χ0) is 12.1. The molecule has 0 saturated carbocycles. The quantitative estimate of drug-likeness (QED) is 0.300. The van der Waals surface area contributed by atoms with E-state index in [2.05, 4.69) is 22.6 Å². The lowest BCUT2D eigenvalue weighted by Crippen LogP contribution is -2.31. The molecule has 0 aliphatic heterocycles. The van der Waals surface area contributed by atoms with E-state index < -0.39 is 27.7 Å². The monoisotopic (exact) mass is 236 g/mol. The number of carbonyl (C=O) groups is 2. The first-order valence-corrected chi connectivity index (χ1v) is 4.94. The molecule has 0 aliphatic rings. The molecule has 0 bridgehead atoms. The Balaban J connectivity index is 4.75. The molecule has 0 aliphatic carbocycles. The Hall–Kier alpha value is -1.67. The minimum atomic E-state index is -4.86. The van der Waals surface area contributed by atoms with E-state index in [4.69, 9.17) is 4.55 Å². The van der Waals surface area contributed by atoms with Crippen molar-refractivity contribution >= 4 is 22.1 Å². The fourth-order valence-electron chi connectivity index (χ4n) is 0.432. The lowest BCUT2D eigenvalue weighted by molar-refractivity contribution is -0.167. The highest BCUT2D eigenvalue weighted by Crippen LogP contribution is 2.05. The van der Waals surface area contributed by atoms with E-state index in [0.29, 0.717) is 12.2 Å². The van der Waals surface area contributed by atoms with E-state index in [1.54, 1.807) is 0 Å². The van der Waals surface area contributed by atoms with Crippen LogP contribution in [0.25, 0.3) is 0 Å². The van der Waals surface area contributed by atoms with Gasteiger partial charge in [0.15, 0.2) is 0 Å². The molecule has 0 amide bonds. The fourth-order valence-corrected chi connectivity index (χ4v) is 0.864. The molecule has 0 rings (SSSR count). The zero-order valence-corrected chi connectivity index (χ0v) is 8.27. The van der Waals surface area contributed by atoms with Crippen LogP contribution in [0.3, 0.4) is 0 Å². The van der Waals surface area contributed by atoms with Crippen molar-refractivity contribution in [1.82, 2.24) is 0 Å². The Bertz CT molecular complexity index is 358. The van der Waals surface area contributed by atoms with Gasteiger partial charge < -0.3 is 9.47 Å². The lowest BCUT2D eigenvalue weighted by atomic mass is 10.7. The van der Waals surface area contributed by atoms with Crippen LogP contribution in [-0.2, 0) is 29.2 Å².